The van der Waals surface area contributed by atoms with Gasteiger partial charge in [-0.25, -0.2) is 0 Å². The smallest absolute Gasteiger partial charge is 0.320 e. The van der Waals surface area contributed by atoms with Gasteiger partial charge in [0.05, 0.1) is 32.3 Å². The first-order valence-electron chi connectivity index (χ1n) is 14.7. The van der Waals surface area contributed by atoms with Crippen LogP contribution in [0.25, 0.3) is 0 Å². The Bertz CT molecular complexity index is 764. The Kier molecular flexibility index (Phi) is 16.2. The monoisotopic (exact) mass is 572 g/mol. The molecule has 0 amide bonds. The van der Waals surface area contributed by atoms with Crippen LogP contribution in [0.5, 0.6) is 0 Å². The van der Waals surface area contributed by atoms with E-state index in [0.717, 1.165) is 12.8 Å². The van der Waals surface area contributed by atoms with Crippen molar-refractivity contribution in [2.75, 3.05) is 85.1 Å². The van der Waals surface area contributed by atoms with E-state index in [1.54, 1.807) is 6.92 Å². The molecule has 1 fully saturated rings. The summed E-state index contributed by atoms with van der Waals surface area (Å²) in [7, 11) is 0. The Labute approximate surface area is 242 Å². The number of carbonyl (C=O) groups is 3. The molecule has 0 radical (unpaired) electrons. The maximum absolute atomic E-state index is 12.7. The summed E-state index contributed by atoms with van der Waals surface area (Å²) < 4.78 is 16.5. The third-order valence-electron chi connectivity index (χ3n) is 6.11. The molecule has 1 aliphatic rings. The molecule has 1 atom stereocenters. The second-order valence-corrected chi connectivity index (χ2v) is 12.7. The lowest BCUT2D eigenvalue weighted by molar-refractivity contribution is -0.158. The van der Waals surface area contributed by atoms with Crippen molar-refractivity contribution in [2.45, 2.75) is 85.5 Å². The molecule has 0 bridgehead atoms. The summed E-state index contributed by atoms with van der Waals surface area (Å²) in [5.74, 6) is -0.870. The number of nitrogens with zero attached hydrogens (tertiary/aromatic N) is 4. The zero-order valence-electron chi connectivity index (χ0n) is 26.4. The van der Waals surface area contributed by atoms with Gasteiger partial charge in [-0.3, -0.25) is 34.0 Å². The molecule has 1 unspecified atom stereocenters. The van der Waals surface area contributed by atoms with Crippen molar-refractivity contribution >= 4 is 17.9 Å². The molecule has 0 spiro atoms. The second kappa shape index (κ2) is 17.9. The molecule has 0 aromatic carbocycles. The van der Waals surface area contributed by atoms with Crippen LogP contribution in [-0.4, -0.2) is 145 Å². The zero-order chi connectivity index (χ0) is 30.3. The molecule has 0 aromatic rings. The van der Waals surface area contributed by atoms with Crippen LogP contribution in [-0.2, 0) is 28.6 Å². The lowest BCUT2D eigenvalue weighted by Crippen LogP contribution is -2.50. The van der Waals surface area contributed by atoms with Gasteiger partial charge in [-0.05, 0) is 54.9 Å². The van der Waals surface area contributed by atoms with Gasteiger partial charge in [0.25, 0.3) is 0 Å². The molecule has 234 valence electrons. The number of aliphatic hydroxyl groups excluding tert-OH is 1. The predicted molar refractivity (Wildman–Crippen MR) is 155 cm³/mol. The standard InChI is InChI=1S/C29H56N4O7/c1-9-10-19-38-25(35)21-31-13-11-30(20-24(2)34)12-14-32(22-26(36)39-28(3,4)5)17-18-33(16-15-31)23-27(37)40-29(6,7)8/h24,34H,9-23H2,1-8H3. The summed E-state index contributed by atoms with van der Waals surface area (Å²) in [4.78, 5) is 46.1. The largest absolute Gasteiger partial charge is 0.465 e. The highest BCUT2D eigenvalue weighted by molar-refractivity contribution is 5.73. The van der Waals surface area contributed by atoms with Gasteiger partial charge in [-0.2, -0.15) is 0 Å². The topological polar surface area (TPSA) is 112 Å². The average molecular weight is 573 g/mol. The minimum absolute atomic E-state index is 0.112. The van der Waals surface area contributed by atoms with Gasteiger partial charge in [0.15, 0.2) is 0 Å². The van der Waals surface area contributed by atoms with Gasteiger partial charge in [0.2, 0.25) is 0 Å². The normalized spacial score (nSPS) is 18.8. The molecule has 0 saturated carbocycles. The van der Waals surface area contributed by atoms with Gasteiger partial charge < -0.3 is 19.3 Å². The highest BCUT2D eigenvalue weighted by atomic mass is 16.6. The van der Waals surface area contributed by atoms with Crippen molar-refractivity contribution < 1.29 is 33.7 Å². The summed E-state index contributed by atoms with van der Waals surface area (Å²) in [5, 5.41) is 10.1. The number of esters is 3. The lowest BCUT2D eigenvalue weighted by Gasteiger charge is -2.34. The molecular formula is C29H56N4O7. The maximum atomic E-state index is 12.7. The zero-order valence-corrected chi connectivity index (χ0v) is 26.4. The Morgan fingerprint density at radius 2 is 1.02 bits per heavy atom. The van der Waals surface area contributed by atoms with Crippen molar-refractivity contribution in [2.24, 2.45) is 0 Å². The summed E-state index contributed by atoms with van der Waals surface area (Å²) in [6.07, 6.45) is 1.27. The lowest BCUT2D eigenvalue weighted by atomic mass is 10.2. The number of ether oxygens (including phenoxy) is 3. The molecule has 11 heteroatoms. The third-order valence-corrected chi connectivity index (χ3v) is 6.11. The van der Waals surface area contributed by atoms with Gasteiger partial charge in [0, 0.05) is 58.9 Å². The minimum atomic E-state index is -0.589. The maximum Gasteiger partial charge on any atom is 0.320 e. The van der Waals surface area contributed by atoms with E-state index in [4.69, 9.17) is 14.2 Å². The van der Waals surface area contributed by atoms with E-state index in [1.807, 2.05) is 56.2 Å². The van der Waals surface area contributed by atoms with Crippen LogP contribution in [0.2, 0.25) is 0 Å². The summed E-state index contributed by atoms with van der Waals surface area (Å²) in [6.45, 7) is 20.8. The molecule has 11 nitrogen and oxygen atoms in total. The number of hydrogen-bond acceptors (Lipinski definition) is 11. The Hall–Kier alpha value is -1.79. The van der Waals surface area contributed by atoms with Gasteiger partial charge in [0.1, 0.15) is 11.2 Å². The fourth-order valence-corrected chi connectivity index (χ4v) is 4.28. The average Bonchev–Trinajstić information content (AvgIpc) is 2.78. The SMILES string of the molecule is CCCCOC(=O)CN1CCN(CC(=O)OC(C)(C)C)CCN(CC(=O)OC(C)(C)C)CCN(CC(C)O)CC1. The molecule has 0 aromatic heterocycles. The van der Waals surface area contributed by atoms with Crippen molar-refractivity contribution in [1.29, 1.82) is 0 Å². The molecule has 1 saturated heterocycles. The third kappa shape index (κ3) is 18.5. The van der Waals surface area contributed by atoms with Crippen LogP contribution < -0.4 is 0 Å². The first-order valence-corrected chi connectivity index (χ1v) is 14.7. The van der Waals surface area contributed by atoms with Crippen molar-refractivity contribution in [3.8, 4) is 0 Å². The van der Waals surface area contributed by atoms with Gasteiger partial charge in [-0.15, -0.1) is 0 Å². The van der Waals surface area contributed by atoms with Crippen LogP contribution in [0.4, 0.5) is 0 Å². The van der Waals surface area contributed by atoms with Crippen LogP contribution >= 0.6 is 0 Å². The summed E-state index contributed by atoms with van der Waals surface area (Å²) in [6, 6.07) is 0. The highest BCUT2D eigenvalue weighted by Gasteiger charge is 2.24. The number of hydrogen-bond donors (Lipinski definition) is 1. The quantitative estimate of drug-likeness (QED) is 0.221. The predicted octanol–water partition coefficient (Wildman–Crippen LogP) is 1.62. The Morgan fingerprint density at radius 3 is 1.35 bits per heavy atom. The number of aliphatic hydroxyl groups is 1. The Morgan fingerprint density at radius 1 is 0.675 bits per heavy atom. The minimum Gasteiger partial charge on any atom is -0.465 e. The van der Waals surface area contributed by atoms with Gasteiger partial charge in [-0.1, -0.05) is 13.3 Å². The summed E-state index contributed by atoms with van der Waals surface area (Å²) in [5.41, 5.74) is -1.17. The van der Waals surface area contributed by atoms with Crippen LogP contribution in [0.3, 0.4) is 0 Å². The van der Waals surface area contributed by atoms with Crippen molar-refractivity contribution in [3.63, 3.8) is 0 Å². The van der Waals surface area contributed by atoms with E-state index < -0.39 is 17.3 Å². The highest BCUT2D eigenvalue weighted by Crippen LogP contribution is 2.10. The Balaban J connectivity index is 3.07. The first kappa shape index (κ1) is 36.2. The van der Waals surface area contributed by atoms with E-state index in [2.05, 4.69) is 11.8 Å². The van der Waals surface area contributed by atoms with E-state index in [9.17, 15) is 19.5 Å². The van der Waals surface area contributed by atoms with Gasteiger partial charge >= 0.3 is 17.9 Å². The molecule has 40 heavy (non-hydrogen) atoms. The number of rotatable bonds is 11. The first-order chi connectivity index (χ1) is 18.6. The number of unbranched alkanes of at least 4 members (excludes halogenated alkanes) is 1. The van der Waals surface area contributed by atoms with Crippen LogP contribution in [0.1, 0.15) is 68.2 Å². The molecule has 0 aliphatic carbocycles. The summed E-state index contributed by atoms with van der Waals surface area (Å²) >= 11 is 0. The molecule has 1 rings (SSSR count). The van der Waals surface area contributed by atoms with E-state index in [1.165, 1.54) is 0 Å². The van der Waals surface area contributed by atoms with Crippen LogP contribution in [0, 0.1) is 0 Å². The fourth-order valence-electron chi connectivity index (χ4n) is 4.28. The van der Waals surface area contributed by atoms with Crippen molar-refractivity contribution in [3.05, 3.63) is 0 Å². The van der Waals surface area contributed by atoms with E-state index in [-0.39, 0.29) is 37.5 Å². The molecule has 1 N–H and O–H groups in total. The molecular weight excluding hydrogens is 516 g/mol. The second-order valence-electron chi connectivity index (χ2n) is 12.7. The number of β-amino-alcohol motifs (C(OH)–C–C–N with tert-alkyl or cyclic N) is 1. The number of carbonyl (C=O) groups excluding carboxylic acids is 3. The fraction of sp³-hybridized carbons (Fsp3) is 0.897. The molecule has 1 aliphatic heterocycles. The van der Waals surface area contributed by atoms with Crippen molar-refractivity contribution in [1.82, 2.24) is 19.6 Å². The van der Waals surface area contributed by atoms with Crippen LogP contribution in [0.15, 0.2) is 0 Å². The van der Waals surface area contributed by atoms with E-state index >= 15 is 0 Å². The van der Waals surface area contributed by atoms with E-state index in [0.29, 0.717) is 65.5 Å². The molecule has 1 heterocycles.